The quantitative estimate of drug-likeness (QED) is 0.605. The standard InChI is InChI=1S/C20H20O3/c1-4-18(5-2)23-19(21)20(22-3,16-12-8-6-9-13-16)17-14-10-7-11-15-17/h1,6-15,18H,5H2,2-3H3. The first kappa shape index (κ1) is 16.8. The second-order valence-corrected chi connectivity index (χ2v) is 5.09. The Kier molecular flexibility index (Phi) is 5.56. The number of carbonyl (C=O) groups is 1. The summed E-state index contributed by atoms with van der Waals surface area (Å²) >= 11 is 0. The SMILES string of the molecule is C#CC(CC)OC(=O)C(OC)(c1ccccc1)c1ccccc1. The average Bonchev–Trinajstić information content (AvgIpc) is 2.62. The summed E-state index contributed by atoms with van der Waals surface area (Å²) in [4.78, 5) is 13.0. The van der Waals surface area contributed by atoms with Crippen molar-refractivity contribution in [3.8, 4) is 12.3 Å². The van der Waals surface area contributed by atoms with Gasteiger partial charge in [-0.2, -0.15) is 0 Å². The molecule has 0 aliphatic carbocycles. The van der Waals surface area contributed by atoms with Gasteiger partial charge in [-0.15, -0.1) is 6.42 Å². The van der Waals surface area contributed by atoms with Crippen LogP contribution in [0.15, 0.2) is 60.7 Å². The fraction of sp³-hybridized carbons (Fsp3) is 0.250. The van der Waals surface area contributed by atoms with Gasteiger partial charge in [-0.3, -0.25) is 0 Å². The van der Waals surface area contributed by atoms with Crippen molar-refractivity contribution in [2.45, 2.75) is 25.0 Å². The molecule has 0 aromatic heterocycles. The van der Waals surface area contributed by atoms with Gasteiger partial charge in [0.2, 0.25) is 5.60 Å². The van der Waals surface area contributed by atoms with Crippen molar-refractivity contribution < 1.29 is 14.3 Å². The predicted octanol–water partition coefficient (Wildman–Crippen LogP) is 3.53. The van der Waals surface area contributed by atoms with Crippen LogP contribution in [0.1, 0.15) is 24.5 Å². The van der Waals surface area contributed by atoms with E-state index in [1.165, 1.54) is 7.11 Å². The third kappa shape index (κ3) is 3.28. The Morgan fingerprint density at radius 2 is 1.57 bits per heavy atom. The van der Waals surface area contributed by atoms with E-state index in [4.69, 9.17) is 15.9 Å². The van der Waals surface area contributed by atoms with Gasteiger partial charge in [0.1, 0.15) is 0 Å². The van der Waals surface area contributed by atoms with Crippen LogP contribution < -0.4 is 0 Å². The third-order valence-corrected chi connectivity index (χ3v) is 3.76. The van der Waals surface area contributed by atoms with Crippen LogP contribution >= 0.6 is 0 Å². The molecule has 0 N–H and O–H groups in total. The number of hydrogen-bond donors (Lipinski definition) is 0. The van der Waals surface area contributed by atoms with Gasteiger partial charge in [0.25, 0.3) is 0 Å². The minimum absolute atomic E-state index is 0.512. The Hall–Kier alpha value is -2.57. The van der Waals surface area contributed by atoms with Crippen LogP contribution in [0.4, 0.5) is 0 Å². The lowest BCUT2D eigenvalue weighted by atomic mass is 9.86. The van der Waals surface area contributed by atoms with Crippen molar-refractivity contribution in [2.75, 3.05) is 7.11 Å². The van der Waals surface area contributed by atoms with E-state index in [9.17, 15) is 4.79 Å². The first-order valence-corrected chi connectivity index (χ1v) is 7.52. The van der Waals surface area contributed by atoms with E-state index in [0.717, 1.165) is 0 Å². The van der Waals surface area contributed by atoms with Crippen LogP contribution in [0.25, 0.3) is 0 Å². The highest BCUT2D eigenvalue weighted by Crippen LogP contribution is 2.35. The summed E-state index contributed by atoms with van der Waals surface area (Å²) in [5.74, 6) is 1.97. The molecule has 0 aliphatic rings. The number of esters is 1. The smallest absolute Gasteiger partial charge is 0.349 e. The van der Waals surface area contributed by atoms with E-state index in [1.54, 1.807) is 0 Å². The van der Waals surface area contributed by atoms with E-state index < -0.39 is 17.7 Å². The van der Waals surface area contributed by atoms with Gasteiger partial charge in [0, 0.05) is 7.11 Å². The Bertz CT molecular complexity index is 632. The van der Waals surface area contributed by atoms with E-state index in [1.807, 2.05) is 67.6 Å². The highest BCUT2D eigenvalue weighted by atomic mass is 16.6. The molecular formula is C20H20O3. The molecule has 0 amide bonds. The van der Waals surface area contributed by atoms with Crippen LogP contribution in [0.3, 0.4) is 0 Å². The molecule has 118 valence electrons. The van der Waals surface area contributed by atoms with E-state index in [-0.39, 0.29) is 0 Å². The van der Waals surface area contributed by atoms with Gasteiger partial charge in [-0.25, -0.2) is 4.79 Å². The van der Waals surface area contributed by atoms with Crippen LogP contribution in [-0.2, 0) is 19.9 Å². The maximum Gasteiger partial charge on any atom is 0.349 e. The number of benzene rings is 2. The summed E-state index contributed by atoms with van der Waals surface area (Å²) in [7, 11) is 1.50. The van der Waals surface area contributed by atoms with Gasteiger partial charge < -0.3 is 9.47 Å². The topological polar surface area (TPSA) is 35.5 Å². The number of terminal acetylenes is 1. The zero-order valence-electron chi connectivity index (χ0n) is 13.4. The maximum absolute atomic E-state index is 13.0. The molecule has 23 heavy (non-hydrogen) atoms. The summed E-state index contributed by atoms with van der Waals surface area (Å²) in [6.45, 7) is 1.87. The van der Waals surface area contributed by atoms with Gasteiger partial charge >= 0.3 is 5.97 Å². The summed E-state index contributed by atoms with van der Waals surface area (Å²) in [5.41, 5.74) is 0.0587. The number of hydrogen-bond acceptors (Lipinski definition) is 3. The molecule has 0 saturated heterocycles. The molecule has 0 bridgehead atoms. The van der Waals surface area contributed by atoms with E-state index in [0.29, 0.717) is 17.5 Å². The molecule has 3 heteroatoms. The summed E-state index contributed by atoms with van der Waals surface area (Å²) in [6, 6.07) is 18.6. The van der Waals surface area contributed by atoms with Crippen molar-refractivity contribution in [3.05, 3.63) is 71.8 Å². The second kappa shape index (κ2) is 7.62. The molecule has 0 saturated carbocycles. The van der Waals surface area contributed by atoms with Crippen LogP contribution in [0.5, 0.6) is 0 Å². The number of carbonyl (C=O) groups excluding carboxylic acids is 1. The highest BCUT2D eigenvalue weighted by molar-refractivity contribution is 5.86. The fourth-order valence-corrected chi connectivity index (χ4v) is 2.51. The summed E-state index contributed by atoms with van der Waals surface area (Å²) in [5, 5.41) is 0. The van der Waals surface area contributed by atoms with Crippen molar-refractivity contribution >= 4 is 5.97 Å². The molecule has 2 aromatic rings. The van der Waals surface area contributed by atoms with E-state index >= 15 is 0 Å². The number of ether oxygens (including phenoxy) is 2. The van der Waals surface area contributed by atoms with Gasteiger partial charge in [-0.1, -0.05) is 73.5 Å². The molecule has 2 aromatic carbocycles. The van der Waals surface area contributed by atoms with Gasteiger partial charge in [0.15, 0.2) is 6.10 Å². The maximum atomic E-state index is 13.0. The molecular weight excluding hydrogens is 288 g/mol. The first-order chi connectivity index (χ1) is 11.2. The molecule has 2 rings (SSSR count). The van der Waals surface area contributed by atoms with Crippen molar-refractivity contribution in [1.29, 1.82) is 0 Å². The Labute approximate surface area is 137 Å². The lowest BCUT2D eigenvalue weighted by Crippen LogP contribution is -2.42. The molecule has 0 radical (unpaired) electrons. The predicted molar refractivity (Wildman–Crippen MR) is 89.7 cm³/mol. The van der Waals surface area contributed by atoms with Gasteiger partial charge in [-0.05, 0) is 17.5 Å². The summed E-state index contributed by atoms with van der Waals surface area (Å²) in [6.07, 6.45) is 5.39. The van der Waals surface area contributed by atoms with Crippen molar-refractivity contribution in [1.82, 2.24) is 0 Å². The van der Waals surface area contributed by atoms with Crippen molar-refractivity contribution in [3.63, 3.8) is 0 Å². The molecule has 0 spiro atoms. The minimum atomic E-state index is -1.34. The number of methoxy groups -OCH3 is 1. The van der Waals surface area contributed by atoms with Gasteiger partial charge in [0.05, 0.1) is 0 Å². The third-order valence-electron chi connectivity index (χ3n) is 3.76. The molecule has 0 fully saturated rings. The van der Waals surface area contributed by atoms with E-state index in [2.05, 4.69) is 5.92 Å². The zero-order valence-corrected chi connectivity index (χ0v) is 13.4. The fourth-order valence-electron chi connectivity index (χ4n) is 2.51. The van der Waals surface area contributed by atoms with Crippen LogP contribution in [-0.4, -0.2) is 19.2 Å². The molecule has 3 nitrogen and oxygen atoms in total. The lowest BCUT2D eigenvalue weighted by molar-refractivity contribution is -0.168. The Morgan fingerprint density at radius 1 is 1.09 bits per heavy atom. The molecule has 1 atom stereocenters. The summed E-state index contributed by atoms with van der Waals surface area (Å²) < 4.78 is 11.2. The minimum Gasteiger partial charge on any atom is -0.447 e. The zero-order chi connectivity index (χ0) is 16.7. The lowest BCUT2D eigenvalue weighted by Gasteiger charge is -2.32. The molecule has 0 heterocycles. The Balaban J connectivity index is 2.56. The average molecular weight is 308 g/mol. The largest absolute Gasteiger partial charge is 0.447 e. The second-order valence-electron chi connectivity index (χ2n) is 5.09. The monoisotopic (exact) mass is 308 g/mol. The highest BCUT2D eigenvalue weighted by Gasteiger charge is 2.44. The normalized spacial score (nSPS) is 12.2. The van der Waals surface area contributed by atoms with Crippen LogP contribution in [0.2, 0.25) is 0 Å². The number of rotatable bonds is 6. The Morgan fingerprint density at radius 3 is 1.91 bits per heavy atom. The molecule has 1 unspecified atom stereocenters. The van der Waals surface area contributed by atoms with Crippen molar-refractivity contribution in [2.24, 2.45) is 0 Å². The molecule has 0 aliphatic heterocycles. The first-order valence-electron chi connectivity index (χ1n) is 7.52. The van der Waals surface area contributed by atoms with Crippen LogP contribution in [0, 0.1) is 12.3 Å².